The van der Waals surface area contributed by atoms with Crippen LogP contribution in [0.5, 0.6) is 0 Å². The van der Waals surface area contributed by atoms with Gasteiger partial charge >= 0.3 is 5.97 Å². The number of nitrogens with zero attached hydrogens (tertiary/aromatic N) is 2. The molecule has 0 saturated carbocycles. The number of halogens is 1. The molecule has 0 spiro atoms. The highest BCUT2D eigenvalue weighted by molar-refractivity contribution is 6.17. The molecular weight excluding hydrogens is 287 g/mol. The summed E-state index contributed by atoms with van der Waals surface area (Å²) in [6.45, 7) is 5.40. The van der Waals surface area contributed by atoms with E-state index in [4.69, 9.17) is 9.47 Å². The lowest BCUT2D eigenvalue weighted by Crippen LogP contribution is -2.20. The Balaban J connectivity index is 3.28. The Morgan fingerprint density at radius 2 is 1.95 bits per heavy atom. The van der Waals surface area contributed by atoms with Gasteiger partial charge in [-0.15, -0.1) is 0 Å². The molecule has 0 radical (unpaired) electrons. The van der Waals surface area contributed by atoms with E-state index in [1.807, 2.05) is 0 Å². The third kappa shape index (κ3) is 4.51. The van der Waals surface area contributed by atoms with E-state index < -0.39 is 5.97 Å². The van der Waals surface area contributed by atoms with Crippen molar-refractivity contribution < 1.29 is 18.7 Å². The quantitative estimate of drug-likeness (QED) is 0.351. The van der Waals surface area contributed by atoms with Crippen LogP contribution in [0.3, 0.4) is 0 Å². The first-order valence-corrected chi connectivity index (χ1v) is 6.69. The van der Waals surface area contributed by atoms with Crippen LogP contribution in [0.2, 0.25) is 0 Å². The van der Waals surface area contributed by atoms with Gasteiger partial charge in [-0.25, -0.2) is 9.18 Å². The van der Waals surface area contributed by atoms with Crippen molar-refractivity contribution in [3.63, 3.8) is 0 Å². The van der Waals surface area contributed by atoms with Crippen LogP contribution in [0.25, 0.3) is 0 Å². The molecule has 22 heavy (non-hydrogen) atoms. The van der Waals surface area contributed by atoms with Gasteiger partial charge in [0.25, 0.3) is 0 Å². The summed E-state index contributed by atoms with van der Waals surface area (Å²) in [4.78, 5) is 20.0. The van der Waals surface area contributed by atoms with Crippen LogP contribution < -0.4 is 0 Å². The average molecular weight is 306 g/mol. The first kappa shape index (κ1) is 17.6. The summed E-state index contributed by atoms with van der Waals surface area (Å²) in [5.74, 6) is -0.809. The molecule has 1 rings (SSSR count). The van der Waals surface area contributed by atoms with E-state index in [-0.39, 0.29) is 30.3 Å². The van der Waals surface area contributed by atoms with E-state index in [0.717, 1.165) is 5.56 Å². The molecule has 0 heterocycles. The van der Waals surface area contributed by atoms with Gasteiger partial charge in [0.15, 0.2) is 0 Å². The minimum absolute atomic E-state index is 0.114. The van der Waals surface area contributed by atoms with Crippen molar-refractivity contribution in [3.8, 4) is 0 Å². The van der Waals surface area contributed by atoms with E-state index in [1.165, 1.54) is 26.3 Å². The second-order valence-electron chi connectivity index (χ2n) is 4.24. The molecule has 1 aromatic carbocycles. The summed E-state index contributed by atoms with van der Waals surface area (Å²) >= 11 is 0. The van der Waals surface area contributed by atoms with Crippen molar-refractivity contribution in [1.82, 2.24) is 0 Å². The second kappa shape index (κ2) is 8.71. The first-order chi connectivity index (χ1) is 10.6. The molecule has 0 unspecified atom stereocenters. The lowest BCUT2D eigenvalue weighted by Gasteiger charge is -2.12. The maximum Gasteiger partial charge on any atom is 0.345 e. The number of hydrogen-bond acceptors (Lipinski definition) is 5. The zero-order valence-electron chi connectivity index (χ0n) is 12.9. The molecule has 0 amide bonds. The van der Waals surface area contributed by atoms with E-state index >= 15 is 0 Å². The highest BCUT2D eigenvalue weighted by atomic mass is 19.1. The number of carbonyl (C=O) groups excluding carboxylic acids is 1. The van der Waals surface area contributed by atoms with Gasteiger partial charge in [0.2, 0.25) is 5.90 Å². The van der Waals surface area contributed by atoms with Crippen LogP contribution in [-0.4, -0.2) is 39.3 Å². The number of esters is 1. The molecule has 1 aromatic rings. The van der Waals surface area contributed by atoms with Gasteiger partial charge in [-0.2, -0.15) is 0 Å². The second-order valence-corrected chi connectivity index (χ2v) is 4.24. The average Bonchev–Trinajstić information content (AvgIpc) is 2.52. The molecular formula is C16H19FN2O3. The highest BCUT2D eigenvalue weighted by Crippen LogP contribution is 2.17. The third-order valence-corrected chi connectivity index (χ3v) is 2.85. The lowest BCUT2D eigenvalue weighted by atomic mass is 10.1. The number of methoxy groups -OCH3 is 1. The van der Waals surface area contributed by atoms with Crippen LogP contribution >= 0.6 is 0 Å². The number of ether oxygens (including phenoxy) is 2. The van der Waals surface area contributed by atoms with Crippen molar-refractivity contribution in [3.05, 3.63) is 46.9 Å². The smallest absolute Gasteiger partial charge is 0.345 e. The van der Waals surface area contributed by atoms with Gasteiger partial charge in [0.1, 0.15) is 11.4 Å². The Kier molecular flexibility index (Phi) is 6.95. The molecule has 0 atom stereocenters. The summed E-state index contributed by atoms with van der Waals surface area (Å²) < 4.78 is 23.1. The summed E-state index contributed by atoms with van der Waals surface area (Å²) in [5.41, 5.74) is 1.25. The third-order valence-electron chi connectivity index (χ3n) is 2.85. The summed E-state index contributed by atoms with van der Waals surface area (Å²) in [7, 11) is 2.90. The van der Waals surface area contributed by atoms with Crippen LogP contribution in [-0.2, 0) is 20.7 Å². The van der Waals surface area contributed by atoms with Crippen LogP contribution in [0.15, 0.2) is 45.5 Å². The fourth-order valence-electron chi connectivity index (χ4n) is 1.86. The van der Waals surface area contributed by atoms with Crippen LogP contribution in [0, 0.1) is 5.82 Å². The Morgan fingerprint density at radius 1 is 1.32 bits per heavy atom. The predicted octanol–water partition coefficient (Wildman–Crippen LogP) is 2.56. The van der Waals surface area contributed by atoms with Gasteiger partial charge in [0, 0.05) is 13.5 Å². The number of carbonyl (C=O) groups is 1. The van der Waals surface area contributed by atoms with Gasteiger partial charge in [0.05, 0.1) is 19.4 Å². The van der Waals surface area contributed by atoms with Crippen molar-refractivity contribution in [2.45, 2.75) is 13.3 Å². The summed E-state index contributed by atoms with van der Waals surface area (Å²) in [5, 5.41) is 0. The fraction of sp³-hybridized carbons (Fsp3) is 0.312. The molecule has 0 aromatic heterocycles. The normalized spacial score (nSPS) is 12.5. The molecule has 0 saturated heterocycles. The highest BCUT2D eigenvalue weighted by Gasteiger charge is 2.23. The Hall–Kier alpha value is -2.50. The fourth-order valence-corrected chi connectivity index (χ4v) is 1.86. The largest absolute Gasteiger partial charge is 0.481 e. The SMILES string of the molecule is C=N/C(Cc1ccc(F)cc1)=C(C(=O)OCC)\C(=N/C)OC. The monoisotopic (exact) mass is 306 g/mol. The first-order valence-electron chi connectivity index (χ1n) is 6.69. The van der Waals surface area contributed by atoms with Crippen molar-refractivity contribution in [2.24, 2.45) is 9.98 Å². The molecule has 0 aliphatic rings. The van der Waals surface area contributed by atoms with Crippen molar-refractivity contribution in [2.75, 3.05) is 20.8 Å². The van der Waals surface area contributed by atoms with Gasteiger partial charge in [-0.05, 0) is 31.3 Å². The number of benzene rings is 1. The number of allylic oxidation sites excluding steroid dienone is 1. The summed E-state index contributed by atoms with van der Waals surface area (Å²) in [6, 6.07) is 5.90. The molecule has 0 bridgehead atoms. The lowest BCUT2D eigenvalue weighted by molar-refractivity contribution is -0.138. The molecule has 118 valence electrons. The molecule has 5 nitrogen and oxygen atoms in total. The zero-order chi connectivity index (χ0) is 16.5. The maximum atomic E-state index is 13.0. The number of rotatable bonds is 6. The van der Waals surface area contributed by atoms with Gasteiger partial charge in [-0.1, -0.05) is 12.1 Å². The molecule has 0 aliphatic carbocycles. The van der Waals surface area contributed by atoms with E-state index in [0.29, 0.717) is 5.70 Å². The van der Waals surface area contributed by atoms with Crippen molar-refractivity contribution >= 4 is 18.6 Å². The molecule has 0 N–H and O–H groups in total. The van der Waals surface area contributed by atoms with E-state index in [2.05, 4.69) is 16.7 Å². The maximum absolute atomic E-state index is 13.0. The summed E-state index contributed by atoms with van der Waals surface area (Å²) in [6.07, 6.45) is 0.278. The standard InChI is InChI=1S/C16H19FN2O3/c1-5-22-16(20)14(15(19-3)21-4)13(18-2)10-11-6-8-12(17)9-7-11/h6-9H,2,5,10H2,1,3-4H3/b14-13+,19-15+. The van der Waals surface area contributed by atoms with E-state index in [9.17, 15) is 9.18 Å². The molecule has 0 aliphatic heterocycles. The van der Waals surface area contributed by atoms with Crippen LogP contribution in [0.4, 0.5) is 4.39 Å². The number of hydrogen-bond donors (Lipinski definition) is 0. The van der Waals surface area contributed by atoms with Crippen molar-refractivity contribution in [1.29, 1.82) is 0 Å². The molecule has 0 fully saturated rings. The Labute approximate surface area is 129 Å². The van der Waals surface area contributed by atoms with Crippen LogP contribution in [0.1, 0.15) is 12.5 Å². The predicted molar refractivity (Wildman–Crippen MR) is 83.7 cm³/mol. The van der Waals surface area contributed by atoms with E-state index in [1.54, 1.807) is 19.1 Å². The zero-order valence-corrected chi connectivity index (χ0v) is 12.9. The minimum atomic E-state index is -0.588. The Bertz CT molecular complexity index is 592. The Morgan fingerprint density at radius 3 is 2.41 bits per heavy atom. The topological polar surface area (TPSA) is 60.2 Å². The minimum Gasteiger partial charge on any atom is -0.481 e. The molecule has 6 heteroatoms. The van der Waals surface area contributed by atoms with Gasteiger partial charge < -0.3 is 9.47 Å². The van der Waals surface area contributed by atoms with Gasteiger partial charge in [-0.3, -0.25) is 9.98 Å². The number of aliphatic imine (C=N–C) groups is 2.